The van der Waals surface area contributed by atoms with E-state index in [-0.39, 0.29) is 0 Å². The van der Waals surface area contributed by atoms with Crippen LogP contribution >= 0.6 is 0 Å². The van der Waals surface area contributed by atoms with Gasteiger partial charge in [0.2, 0.25) is 0 Å². The third-order valence-electron chi connectivity index (χ3n) is 3.99. The molecule has 0 radical (unpaired) electrons. The standard InChI is InChI=1S/C19H23N3/c1-3-4-10-16-13-21-19(18-17(16)11-14(2)22-18)20-12-15-8-6-5-7-9-15/h5-9,11,13,22H,3-4,10,12H2,1-2H3,(H,20,21). The Hall–Kier alpha value is -2.29. The molecule has 3 aromatic rings. The predicted molar refractivity (Wildman–Crippen MR) is 93.2 cm³/mol. The predicted octanol–water partition coefficient (Wildman–Crippen LogP) is 4.83. The number of nitrogens with one attached hydrogen (secondary N) is 2. The quantitative estimate of drug-likeness (QED) is 0.683. The summed E-state index contributed by atoms with van der Waals surface area (Å²) >= 11 is 0. The maximum Gasteiger partial charge on any atom is 0.150 e. The lowest BCUT2D eigenvalue weighted by molar-refractivity contribution is 0.796. The van der Waals surface area contributed by atoms with Gasteiger partial charge in [0.15, 0.2) is 5.82 Å². The van der Waals surface area contributed by atoms with Crippen molar-refractivity contribution in [2.24, 2.45) is 0 Å². The van der Waals surface area contributed by atoms with Gasteiger partial charge in [-0.3, -0.25) is 0 Å². The second-order valence-electron chi connectivity index (χ2n) is 5.82. The molecule has 0 bridgehead atoms. The van der Waals surface area contributed by atoms with E-state index in [1.165, 1.54) is 35.0 Å². The molecular formula is C19H23N3. The average Bonchev–Trinajstić information content (AvgIpc) is 2.94. The van der Waals surface area contributed by atoms with Gasteiger partial charge < -0.3 is 10.3 Å². The zero-order valence-corrected chi connectivity index (χ0v) is 13.3. The zero-order chi connectivity index (χ0) is 15.4. The Labute approximate surface area is 131 Å². The van der Waals surface area contributed by atoms with E-state index in [9.17, 15) is 0 Å². The number of fused-ring (bicyclic) bond motifs is 1. The van der Waals surface area contributed by atoms with Gasteiger partial charge in [0.05, 0.1) is 5.52 Å². The molecule has 2 heterocycles. The Morgan fingerprint density at radius 1 is 1.18 bits per heavy atom. The minimum absolute atomic E-state index is 0.787. The maximum absolute atomic E-state index is 4.65. The van der Waals surface area contributed by atoms with Crippen molar-refractivity contribution in [2.45, 2.75) is 39.7 Å². The highest BCUT2D eigenvalue weighted by Gasteiger charge is 2.10. The largest absolute Gasteiger partial charge is 0.364 e. The first-order valence-corrected chi connectivity index (χ1v) is 8.03. The molecule has 3 rings (SSSR count). The number of pyridine rings is 1. The Kier molecular flexibility index (Phi) is 4.42. The number of aryl methyl sites for hydroxylation is 2. The summed E-state index contributed by atoms with van der Waals surface area (Å²) in [5, 5.41) is 4.76. The summed E-state index contributed by atoms with van der Waals surface area (Å²) in [4.78, 5) is 8.10. The molecule has 0 spiro atoms. The molecule has 0 amide bonds. The van der Waals surface area contributed by atoms with Crippen LogP contribution in [0.2, 0.25) is 0 Å². The number of nitrogens with zero attached hydrogens (tertiary/aromatic N) is 1. The monoisotopic (exact) mass is 293 g/mol. The second-order valence-corrected chi connectivity index (χ2v) is 5.82. The van der Waals surface area contributed by atoms with E-state index in [4.69, 9.17) is 0 Å². The molecule has 0 saturated heterocycles. The number of rotatable bonds is 6. The number of anilines is 1. The van der Waals surface area contributed by atoms with Gasteiger partial charge in [-0.05, 0) is 37.0 Å². The molecule has 0 aliphatic carbocycles. The van der Waals surface area contributed by atoms with Gasteiger partial charge in [-0.25, -0.2) is 4.98 Å². The molecule has 22 heavy (non-hydrogen) atoms. The Morgan fingerprint density at radius 2 is 2.00 bits per heavy atom. The number of H-pyrrole nitrogens is 1. The summed E-state index contributed by atoms with van der Waals surface area (Å²) in [5.41, 5.74) is 4.91. The summed E-state index contributed by atoms with van der Waals surface area (Å²) in [6, 6.07) is 12.6. The van der Waals surface area contributed by atoms with E-state index in [0.717, 1.165) is 24.3 Å². The minimum atomic E-state index is 0.787. The molecule has 2 N–H and O–H groups in total. The maximum atomic E-state index is 4.65. The van der Waals surface area contributed by atoms with Gasteiger partial charge in [0.1, 0.15) is 0 Å². The second kappa shape index (κ2) is 6.65. The molecule has 0 aliphatic rings. The smallest absolute Gasteiger partial charge is 0.150 e. The van der Waals surface area contributed by atoms with Crippen molar-refractivity contribution in [1.29, 1.82) is 0 Å². The van der Waals surface area contributed by atoms with Crippen LogP contribution < -0.4 is 5.32 Å². The molecule has 2 aromatic heterocycles. The van der Waals surface area contributed by atoms with Crippen LogP contribution in [0.4, 0.5) is 5.82 Å². The van der Waals surface area contributed by atoms with E-state index in [1.807, 2.05) is 12.3 Å². The van der Waals surface area contributed by atoms with Gasteiger partial charge >= 0.3 is 0 Å². The number of aromatic amines is 1. The van der Waals surface area contributed by atoms with E-state index >= 15 is 0 Å². The number of unbranched alkanes of at least 4 members (excludes halogenated alkanes) is 1. The lowest BCUT2D eigenvalue weighted by Crippen LogP contribution is -2.03. The van der Waals surface area contributed by atoms with Crippen LogP contribution in [0.25, 0.3) is 10.9 Å². The van der Waals surface area contributed by atoms with Crippen molar-refractivity contribution in [3.8, 4) is 0 Å². The van der Waals surface area contributed by atoms with Crippen LogP contribution in [0.5, 0.6) is 0 Å². The highest BCUT2D eigenvalue weighted by Crippen LogP contribution is 2.26. The Bertz CT molecular complexity index is 744. The molecule has 1 aromatic carbocycles. The van der Waals surface area contributed by atoms with Crippen molar-refractivity contribution in [3.05, 3.63) is 59.4 Å². The van der Waals surface area contributed by atoms with Gasteiger partial charge in [-0.2, -0.15) is 0 Å². The van der Waals surface area contributed by atoms with Crippen LogP contribution in [-0.4, -0.2) is 9.97 Å². The van der Waals surface area contributed by atoms with Gasteiger partial charge in [0, 0.05) is 23.8 Å². The first kappa shape index (κ1) is 14.6. The van der Waals surface area contributed by atoms with E-state index in [1.54, 1.807) is 0 Å². The summed E-state index contributed by atoms with van der Waals surface area (Å²) in [6.07, 6.45) is 5.53. The molecule has 0 fully saturated rings. The normalized spacial score (nSPS) is 11.0. The minimum Gasteiger partial charge on any atom is -0.364 e. The van der Waals surface area contributed by atoms with Gasteiger partial charge in [-0.15, -0.1) is 0 Å². The van der Waals surface area contributed by atoms with Crippen molar-refractivity contribution in [2.75, 3.05) is 5.32 Å². The lowest BCUT2D eigenvalue weighted by atomic mass is 10.1. The Balaban J connectivity index is 1.87. The third kappa shape index (κ3) is 3.14. The fraction of sp³-hybridized carbons (Fsp3) is 0.316. The lowest BCUT2D eigenvalue weighted by Gasteiger charge is -2.09. The zero-order valence-electron chi connectivity index (χ0n) is 13.3. The molecular weight excluding hydrogens is 270 g/mol. The van der Waals surface area contributed by atoms with Crippen LogP contribution in [0.3, 0.4) is 0 Å². The van der Waals surface area contributed by atoms with Gasteiger partial charge in [-0.1, -0.05) is 43.7 Å². The molecule has 3 heteroatoms. The fourth-order valence-corrected chi connectivity index (χ4v) is 2.79. The van der Waals surface area contributed by atoms with E-state index in [0.29, 0.717) is 0 Å². The van der Waals surface area contributed by atoms with Crippen molar-refractivity contribution < 1.29 is 0 Å². The van der Waals surface area contributed by atoms with Crippen LogP contribution in [0, 0.1) is 6.92 Å². The SMILES string of the molecule is CCCCc1cnc(NCc2ccccc2)c2[nH]c(C)cc12. The topological polar surface area (TPSA) is 40.7 Å². The summed E-state index contributed by atoms with van der Waals surface area (Å²) in [6.45, 7) is 5.11. The number of hydrogen-bond acceptors (Lipinski definition) is 2. The molecule has 0 unspecified atom stereocenters. The third-order valence-corrected chi connectivity index (χ3v) is 3.99. The van der Waals surface area contributed by atoms with E-state index < -0.39 is 0 Å². The molecule has 0 aliphatic heterocycles. The first-order valence-electron chi connectivity index (χ1n) is 8.03. The number of hydrogen-bond donors (Lipinski definition) is 2. The van der Waals surface area contributed by atoms with Crippen molar-refractivity contribution >= 4 is 16.7 Å². The summed E-state index contributed by atoms with van der Waals surface area (Å²) in [7, 11) is 0. The summed E-state index contributed by atoms with van der Waals surface area (Å²) in [5.74, 6) is 0.937. The molecule has 3 nitrogen and oxygen atoms in total. The molecule has 0 saturated carbocycles. The number of benzene rings is 1. The van der Waals surface area contributed by atoms with Gasteiger partial charge in [0.25, 0.3) is 0 Å². The van der Waals surface area contributed by atoms with Crippen LogP contribution in [-0.2, 0) is 13.0 Å². The van der Waals surface area contributed by atoms with Crippen molar-refractivity contribution in [1.82, 2.24) is 9.97 Å². The molecule has 114 valence electrons. The average molecular weight is 293 g/mol. The highest BCUT2D eigenvalue weighted by atomic mass is 15.0. The van der Waals surface area contributed by atoms with Crippen LogP contribution in [0.1, 0.15) is 36.6 Å². The Morgan fingerprint density at radius 3 is 2.77 bits per heavy atom. The first-order chi connectivity index (χ1) is 10.8. The van der Waals surface area contributed by atoms with Crippen LogP contribution in [0.15, 0.2) is 42.6 Å². The number of aromatic nitrogens is 2. The van der Waals surface area contributed by atoms with Crippen molar-refractivity contribution in [3.63, 3.8) is 0 Å². The fourth-order valence-electron chi connectivity index (χ4n) is 2.79. The highest BCUT2D eigenvalue weighted by molar-refractivity contribution is 5.92. The molecule has 0 atom stereocenters. The summed E-state index contributed by atoms with van der Waals surface area (Å²) < 4.78 is 0. The van der Waals surface area contributed by atoms with E-state index in [2.05, 4.69) is 59.5 Å².